The molecular formula is C30H40N6O3. The molecule has 2 aromatic rings. The van der Waals surface area contributed by atoms with Gasteiger partial charge in [0.25, 0.3) is 0 Å². The number of fused-ring (bicyclic) bond motifs is 2. The van der Waals surface area contributed by atoms with Gasteiger partial charge in [-0.1, -0.05) is 6.58 Å². The lowest BCUT2D eigenvalue weighted by atomic mass is 9.90. The molecule has 9 heteroatoms. The maximum absolute atomic E-state index is 11.9. The van der Waals surface area contributed by atoms with Crippen LogP contribution < -0.4 is 15.0 Å². The first-order chi connectivity index (χ1) is 19.0. The lowest BCUT2D eigenvalue weighted by Crippen LogP contribution is -2.48. The van der Waals surface area contributed by atoms with E-state index in [0.29, 0.717) is 12.0 Å². The maximum Gasteiger partial charge on any atom is 0.245 e. The van der Waals surface area contributed by atoms with Gasteiger partial charge in [0.1, 0.15) is 11.9 Å². The molecule has 0 bridgehead atoms. The van der Waals surface area contributed by atoms with Crippen molar-refractivity contribution >= 4 is 23.1 Å². The SMILES string of the molecule is C=CC(=O)N1CCC(N2CCC(c3cc4c(c(C)n3)O[C@@H](C)c3c(N5CCOCC5)ccnc3N4)CC2)CC1. The fraction of sp³-hybridized carbons (Fsp3) is 0.567. The van der Waals surface area contributed by atoms with Crippen molar-refractivity contribution in [1.29, 1.82) is 0 Å². The monoisotopic (exact) mass is 532 g/mol. The van der Waals surface area contributed by atoms with Crippen molar-refractivity contribution in [2.75, 3.05) is 62.7 Å². The molecule has 0 aliphatic carbocycles. The van der Waals surface area contributed by atoms with Gasteiger partial charge in [0, 0.05) is 55.7 Å². The van der Waals surface area contributed by atoms with Crippen molar-refractivity contribution in [1.82, 2.24) is 19.8 Å². The molecule has 9 nitrogen and oxygen atoms in total. The number of aromatic nitrogens is 2. The third-order valence-corrected chi connectivity index (χ3v) is 8.85. The summed E-state index contributed by atoms with van der Waals surface area (Å²) >= 11 is 0. The highest BCUT2D eigenvalue weighted by Gasteiger charge is 2.32. The van der Waals surface area contributed by atoms with Gasteiger partial charge in [0.2, 0.25) is 5.91 Å². The topological polar surface area (TPSA) is 83.1 Å². The first-order valence-corrected chi connectivity index (χ1v) is 14.4. The molecule has 4 aliphatic heterocycles. The molecule has 208 valence electrons. The van der Waals surface area contributed by atoms with Crippen molar-refractivity contribution in [3.8, 4) is 5.75 Å². The molecule has 0 unspecified atom stereocenters. The summed E-state index contributed by atoms with van der Waals surface area (Å²) in [5, 5.41) is 3.63. The normalized spacial score (nSPS) is 22.8. The second kappa shape index (κ2) is 11.1. The van der Waals surface area contributed by atoms with Crippen LogP contribution in [-0.2, 0) is 9.53 Å². The molecule has 3 saturated heterocycles. The number of pyridine rings is 2. The Kier molecular flexibility index (Phi) is 7.44. The molecule has 6 rings (SSSR count). The van der Waals surface area contributed by atoms with Crippen LogP contribution in [0.1, 0.15) is 61.6 Å². The van der Waals surface area contributed by atoms with E-state index in [1.807, 2.05) is 11.1 Å². The summed E-state index contributed by atoms with van der Waals surface area (Å²) in [5.41, 5.74) is 5.26. The number of rotatable bonds is 4. The predicted molar refractivity (Wildman–Crippen MR) is 152 cm³/mol. The Morgan fingerprint density at radius 3 is 2.56 bits per heavy atom. The molecule has 0 spiro atoms. The number of hydrogen-bond acceptors (Lipinski definition) is 8. The number of ether oxygens (including phenoxy) is 2. The fourth-order valence-corrected chi connectivity index (χ4v) is 6.68. The van der Waals surface area contributed by atoms with Crippen LogP contribution in [0.5, 0.6) is 5.75 Å². The van der Waals surface area contributed by atoms with Crippen molar-refractivity contribution in [3.05, 3.63) is 47.9 Å². The Hall–Kier alpha value is -3.17. The summed E-state index contributed by atoms with van der Waals surface area (Å²) in [5.74, 6) is 2.15. The number of nitrogens with one attached hydrogen (secondary N) is 1. The zero-order chi connectivity index (χ0) is 26.9. The molecule has 1 atom stereocenters. The molecule has 0 radical (unpaired) electrons. The number of piperidine rings is 2. The van der Waals surface area contributed by atoms with Gasteiger partial charge in [0.05, 0.1) is 30.2 Å². The second-order valence-corrected chi connectivity index (χ2v) is 11.2. The number of morpholine rings is 1. The van der Waals surface area contributed by atoms with E-state index in [1.165, 1.54) is 6.08 Å². The molecule has 1 N–H and O–H groups in total. The number of carbonyl (C=O) groups is 1. The molecule has 4 aliphatic rings. The van der Waals surface area contributed by atoms with Crippen molar-refractivity contribution < 1.29 is 14.3 Å². The van der Waals surface area contributed by atoms with Gasteiger partial charge >= 0.3 is 0 Å². The van der Waals surface area contributed by atoms with Crippen molar-refractivity contribution in [2.45, 2.75) is 57.6 Å². The van der Waals surface area contributed by atoms with Crippen LogP contribution >= 0.6 is 0 Å². The van der Waals surface area contributed by atoms with Gasteiger partial charge < -0.3 is 29.5 Å². The Balaban J connectivity index is 1.16. The van der Waals surface area contributed by atoms with Crippen LogP contribution in [0.4, 0.5) is 17.2 Å². The van der Waals surface area contributed by atoms with E-state index in [2.05, 4.69) is 47.7 Å². The highest BCUT2D eigenvalue weighted by molar-refractivity contribution is 5.87. The summed E-state index contributed by atoms with van der Waals surface area (Å²) in [7, 11) is 0. The smallest absolute Gasteiger partial charge is 0.245 e. The second-order valence-electron chi connectivity index (χ2n) is 11.2. The van der Waals surface area contributed by atoms with E-state index in [1.54, 1.807) is 0 Å². The van der Waals surface area contributed by atoms with E-state index in [4.69, 9.17) is 19.4 Å². The number of likely N-dealkylation sites (tertiary alicyclic amines) is 2. The minimum atomic E-state index is -0.150. The standard InChI is InChI=1S/C30H40N6O3/c1-4-27(37)36-13-8-23(9-14-36)34-11-6-22(7-12-34)24-19-25-29(20(2)32-24)39-21(3)28-26(5-10-31-30(28)33-25)35-15-17-38-18-16-35/h4-5,10,19,21-23H,1,6-9,11-18H2,2-3H3,(H,31,33)/t21-/m0/s1. The molecule has 2 aromatic heterocycles. The van der Waals surface area contributed by atoms with Crippen molar-refractivity contribution in [2.24, 2.45) is 0 Å². The Morgan fingerprint density at radius 1 is 1.10 bits per heavy atom. The number of anilines is 3. The summed E-state index contributed by atoms with van der Waals surface area (Å²) in [6, 6.07) is 4.83. The van der Waals surface area contributed by atoms with Crippen molar-refractivity contribution in [3.63, 3.8) is 0 Å². The Morgan fingerprint density at radius 2 is 1.85 bits per heavy atom. The van der Waals surface area contributed by atoms with Crippen LogP contribution in [-0.4, -0.2) is 84.2 Å². The molecule has 0 aromatic carbocycles. The average molecular weight is 533 g/mol. The van der Waals surface area contributed by atoms with Crippen LogP contribution in [0.3, 0.4) is 0 Å². The number of hydrogen-bond donors (Lipinski definition) is 1. The number of nitrogens with zero attached hydrogens (tertiary/aromatic N) is 5. The largest absolute Gasteiger partial charge is 0.482 e. The van der Waals surface area contributed by atoms with Gasteiger partial charge in [-0.15, -0.1) is 0 Å². The van der Waals surface area contributed by atoms with Crippen LogP contribution in [0, 0.1) is 6.92 Å². The van der Waals surface area contributed by atoms with Gasteiger partial charge in [0.15, 0.2) is 5.75 Å². The molecule has 6 heterocycles. The summed E-state index contributed by atoms with van der Waals surface area (Å²) in [4.78, 5) is 28.6. The van der Waals surface area contributed by atoms with Gasteiger partial charge in [-0.3, -0.25) is 9.78 Å². The number of amides is 1. The van der Waals surface area contributed by atoms with Gasteiger partial charge in [-0.25, -0.2) is 4.98 Å². The average Bonchev–Trinajstić information content (AvgIpc) is 3.13. The quantitative estimate of drug-likeness (QED) is 0.588. The highest BCUT2D eigenvalue weighted by Crippen LogP contribution is 2.44. The highest BCUT2D eigenvalue weighted by atomic mass is 16.5. The summed E-state index contributed by atoms with van der Waals surface area (Å²) in [6.07, 6.45) is 7.42. The zero-order valence-corrected chi connectivity index (χ0v) is 23.2. The fourth-order valence-electron chi connectivity index (χ4n) is 6.68. The summed E-state index contributed by atoms with van der Waals surface area (Å²) in [6.45, 7) is 14.8. The van der Waals surface area contributed by atoms with Crippen LogP contribution in [0.15, 0.2) is 31.0 Å². The molecule has 1 amide bonds. The van der Waals surface area contributed by atoms with Gasteiger partial charge in [-0.05, 0) is 70.8 Å². The van der Waals surface area contributed by atoms with Crippen LogP contribution in [0.25, 0.3) is 0 Å². The molecule has 0 saturated carbocycles. The van der Waals surface area contributed by atoms with E-state index >= 15 is 0 Å². The Bertz CT molecular complexity index is 1210. The third-order valence-electron chi connectivity index (χ3n) is 8.85. The minimum absolute atomic E-state index is 0.0546. The first kappa shape index (κ1) is 26.1. The van der Waals surface area contributed by atoms with E-state index in [-0.39, 0.29) is 12.0 Å². The Labute approximate surface area is 231 Å². The lowest BCUT2D eigenvalue weighted by molar-refractivity contribution is -0.127. The third kappa shape index (κ3) is 5.22. The van der Waals surface area contributed by atoms with E-state index in [0.717, 1.165) is 118 Å². The van der Waals surface area contributed by atoms with E-state index in [9.17, 15) is 4.79 Å². The zero-order valence-electron chi connectivity index (χ0n) is 23.2. The predicted octanol–water partition coefficient (Wildman–Crippen LogP) is 4.18. The minimum Gasteiger partial charge on any atom is -0.482 e. The molecule has 39 heavy (non-hydrogen) atoms. The summed E-state index contributed by atoms with van der Waals surface area (Å²) < 4.78 is 12.1. The first-order valence-electron chi connectivity index (χ1n) is 14.4. The number of carbonyl (C=O) groups excluding carboxylic acids is 1. The van der Waals surface area contributed by atoms with E-state index < -0.39 is 0 Å². The molecule has 3 fully saturated rings. The van der Waals surface area contributed by atoms with Crippen LogP contribution in [0.2, 0.25) is 0 Å². The lowest BCUT2D eigenvalue weighted by Gasteiger charge is -2.41. The molecular weight excluding hydrogens is 492 g/mol. The maximum atomic E-state index is 11.9. The van der Waals surface area contributed by atoms with Gasteiger partial charge in [-0.2, -0.15) is 0 Å². The number of aryl methyl sites for hydroxylation is 1.